The van der Waals surface area contributed by atoms with Crippen molar-refractivity contribution >= 4 is 17.3 Å². The molecule has 4 heteroatoms. The lowest BCUT2D eigenvalue weighted by molar-refractivity contribution is -0.140. The summed E-state index contributed by atoms with van der Waals surface area (Å²) in [6, 6.07) is 8.10. The Morgan fingerprint density at radius 1 is 1.19 bits per heavy atom. The molecule has 0 saturated carbocycles. The zero-order chi connectivity index (χ0) is 15.8. The fourth-order valence-electron chi connectivity index (χ4n) is 2.24. The first kappa shape index (κ1) is 16.9. The molecule has 21 heavy (non-hydrogen) atoms. The minimum absolute atomic E-state index is 0.405. The normalized spacial score (nSPS) is 11.5. The average molecular weight is 288 g/mol. The fourth-order valence-corrected chi connectivity index (χ4v) is 2.24. The Labute approximate surface area is 127 Å². The molecule has 1 N–H and O–H groups in total. The second-order valence-corrected chi connectivity index (χ2v) is 5.01. The summed E-state index contributed by atoms with van der Waals surface area (Å²) in [5.74, 6) is 1.33. The minimum Gasteiger partial charge on any atom is -0.481 e. The first-order chi connectivity index (χ1) is 10.0. The quantitative estimate of drug-likeness (QED) is 0.747. The zero-order valence-electron chi connectivity index (χ0n) is 13.0. The van der Waals surface area contributed by atoms with Gasteiger partial charge in [-0.25, -0.2) is 0 Å². The first-order valence-corrected chi connectivity index (χ1v) is 7.29. The predicted octanol–water partition coefficient (Wildman–Crippen LogP) is 2.69. The predicted molar refractivity (Wildman–Crippen MR) is 87.8 cm³/mol. The van der Waals surface area contributed by atoms with Crippen LogP contribution in [0.3, 0.4) is 0 Å². The number of hydrogen-bond donors (Lipinski definition) is 1. The van der Waals surface area contributed by atoms with Crippen molar-refractivity contribution in [2.45, 2.75) is 20.8 Å². The van der Waals surface area contributed by atoms with Crippen LogP contribution in [0, 0.1) is 18.3 Å². The summed E-state index contributed by atoms with van der Waals surface area (Å²) in [6.07, 6.45) is 5.39. The van der Waals surface area contributed by atoms with Crippen LogP contribution in [0.4, 0.5) is 11.4 Å². The number of benzene rings is 1. The van der Waals surface area contributed by atoms with Crippen molar-refractivity contribution < 1.29 is 9.90 Å². The van der Waals surface area contributed by atoms with Crippen molar-refractivity contribution in [2.75, 3.05) is 36.0 Å². The van der Waals surface area contributed by atoms with Crippen LogP contribution in [0.25, 0.3) is 0 Å². The van der Waals surface area contributed by atoms with Crippen LogP contribution in [0.5, 0.6) is 0 Å². The third kappa shape index (κ3) is 4.71. The van der Waals surface area contributed by atoms with E-state index in [1.54, 1.807) is 6.92 Å². The van der Waals surface area contributed by atoms with Gasteiger partial charge in [0, 0.05) is 31.0 Å². The maximum atomic E-state index is 11.0. The second-order valence-electron chi connectivity index (χ2n) is 5.01. The topological polar surface area (TPSA) is 43.8 Å². The molecular formula is C17H24N2O2. The van der Waals surface area contributed by atoms with Gasteiger partial charge in [-0.15, -0.1) is 6.42 Å². The van der Waals surface area contributed by atoms with Crippen LogP contribution in [-0.2, 0) is 4.79 Å². The summed E-state index contributed by atoms with van der Waals surface area (Å²) in [6.45, 7) is 8.66. The van der Waals surface area contributed by atoms with Gasteiger partial charge in [0.05, 0.1) is 12.5 Å². The van der Waals surface area contributed by atoms with Gasteiger partial charge in [0.2, 0.25) is 0 Å². The molecule has 0 aliphatic carbocycles. The number of terminal acetylenes is 1. The monoisotopic (exact) mass is 288 g/mol. The second kappa shape index (κ2) is 8.21. The van der Waals surface area contributed by atoms with Gasteiger partial charge in [0.15, 0.2) is 0 Å². The minimum atomic E-state index is -0.809. The summed E-state index contributed by atoms with van der Waals surface area (Å²) in [7, 11) is 0. The standard InChI is InChI=1S/C17H24N2O2/c1-5-12-19(13-14(4)17(20)21)16-10-8-15(9-11-16)18(6-2)7-3/h1,8-11,14H,6-7,12-13H2,2-4H3,(H,20,21). The van der Waals surface area contributed by atoms with Crippen LogP contribution in [0.1, 0.15) is 20.8 Å². The van der Waals surface area contributed by atoms with E-state index in [0.717, 1.165) is 24.5 Å². The molecule has 1 unspecified atom stereocenters. The van der Waals surface area contributed by atoms with Gasteiger partial charge in [0.1, 0.15) is 0 Å². The van der Waals surface area contributed by atoms with Crippen LogP contribution >= 0.6 is 0 Å². The van der Waals surface area contributed by atoms with E-state index < -0.39 is 11.9 Å². The van der Waals surface area contributed by atoms with Crippen LogP contribution < -0.4 is 9.80 Å². The van der Waals surface area contributed by atoms with Gasteiger partial charge in [-0.2, -0.15) is 0 Å². The van der Waals surface area contributed by atoms with Crippen molar-refractivity contribution in [3.8, 4) is 12.3 Å². The van der Waals surface area contributed by atoms with Crippen LogP contribution in [0.15, 0.2) is 24.3 Å². The maximum absolute atomic E-state index is 11.0. The summed E-state index contributed by atoms with van der Waals surface area (Å²) >= 11 is 0. The molecule has 0 fully saturated rings. The molecule has 4 nitrogen and oxygen atoms in total. The van der Waals surface area contributed by atoms with E-state index in [2.05, 4.69) is 36.8 Å². The van der Waals surface area contributed by atoms with Crippen molar-refractivity contribution in [3.05, 3.63) is 24.3 Å². The molecule has 0 aromatic heterocycles. The molecule has 1 aromatic carbocycles. The van der Waals surface area contributed by atoms with E-state index in [-0.39, 0.29) is 0 Å². The number of anilines is 2. The van der Waals surface area contributed by atoms with Crippen molar-refractivity contribution in [3.63, 3.8) is 0 Å². The van der Waals surface area contributed by atoms with Gasteiger partial charge < -0.3 is 14.9 Å². The SMILES string of the molecule is C#CCN(CC(C)C(=O)O)c1ccc(N(CC)CC)cc1. The third-order valence-corrected chi connectivity index (χ3v) is 3.54. The van der Waals surface area contributed by atoms with Crippen LogP contribution in [0.2, 0.25) is 0 Å². The number of hydrogen-bond acceptors (Lipinski definition) is 3. The molecule has 0 aliphatic heterocycles. The number of nitrogens with zero attached hydrogens (tertiary/aromatic N) is 2. The van der Waals surface area contributed by atoms with Gasteiger partial charge in [0.25, 0.3) is 0 Å². The number of carboxylic acid groups (broad SMARTS) is 1. The van der Waals surface area contributed by atoms with Crippen molar-refractivity contribution in [1.82, 2.24) is 0 Å². The number of rotatable bonds is 8. The molecule has 0 bridgehead atoms. The summed E-state index contributed by atoms with van der Waals surface area (Å²) in [4.78, 5) is 15.2. The molecule has 0 aliphatic rings. The highest BCUT2D eigenvalue weighted by molar-refractivity contribution is 5.70. The largest absolute Gasteiger partial charge is 0.481 e. The molecule has 0 saturated heterocycles. The molecule has 0 heterocycles. The fraction of sp³-hybridized carbons (Fsp3) is 0.471. The lowest BCUT2D eigenvalue weighted by Crippen LogP contribution is -2.32. The highest BCUT2D eigenvalue weighted by Gasteiger charge is 2.16. The molecule has 0 amide bonds. The Kier molecular flexibility index (Phi) is 6.61. The van der Waals surface area contributed by atoms with E-state index in [0.29, 0.717) is 13.1 Å². The van der Waals surface area contributed by atoms with E-state index in [9.17, 15) is 4.79 Å². The Bertz CT molecular complexity index is 487. The first-order valence-electron chi connectivity index (χ1n) is 7.29. The van der Waals surface area contributed by atoms with Gasteiger partial charge in [-0.05, 0) is 38.1 Å². The third-order valence-electron chi connectivity index (χ3n) is 3.54. The Balaban J connectivity index is 2.89. The lowest BCUT2D eigenvalue weighted by Gasteiger charge is -2.26. The van der Waals surface area contributed by atoms with E-state index in [1.165, 1.54) is 0 Å². The van der Waals surface area contributed by atoms with Gasteiger partial charge >= 0.3 is 5.97 Å². The maximum Gasteiger partial charge on any atom is 0.308 e. The zero-order valence-corrected chi connectivity index (χ0v) is 13.0. The number of carboxylic acids is 1. The average Bonchev–Trinajstić information content (AvgIpc) is 2.48. The highest BCUT2D eigenvalue weighted by Crippen LogP contribution is 2.21. The van der Waals surface area contributed by atoms with Crippen LogP contribution in [-0.4, -0.2) is 37.3 Å². The number of carbonyl (C=O) groups is 1. The van der Waals surface area contributed by atoms with Gasteiger partial charge in [-0.3, -0.25) is 4.79 Å². The molecular weight excluding hydrogens is 264 g/mol. The Morgan fingerprint density at radius 2 is 1.67 bits per heavy atom. The summed E-state index contributed by atoms with van der Waals surface area (Å²) in [5, 5.41) is 9.04. The molecule has 1 atom stereocenters. The molecule has 1 aromatic rings. The smallest absolute Gasteiger partial charge is 0.308 e. The molecule has 0 spiro atoms. The lowest BCUT2D eigenvalue weighted by atomic mass is 10.1. The summed E-state index contributed by atoms with van der Waals surface area (Å²) < 4.78 is 0. The Morgan fingerprint density at radius 3 is 2.05 bits per heavy atom. The van der Waals surface area contributed by atoms with Gasteiger partial charge in [-0.1, -0.05) is 12.8 Å². The van der Waals surface area contributed by atoms with E-state index >= 15 is 0 Å². The number of aliphatic carboxylic acids is 1. The molecule has 1 rings (SSSR count). The van der Waals surface area contributed by atoms with E-state index in [1.807, 2.05) is 17.0 Å². The highest BCUT2D eigenvalue weighted by atomic mass is 16.4. The van der Waals surface area contributed by atoms with Crippen molar-refractivity contribution in [2.24, 2.45) is 5.92 Å². The summed E-state index contributed by atoms with van der Waals surface area (Å²) in [5.41, 5.74) is 2.12. The van der Waals surface area contributed by atoms with Crippen molar-refractivity contribution in [1.29, 1.82) is 0 Å². The van der Waals surface area contributed by atoms with E-state index in [4.69, 9.17) is 11.5 Å². The molecule has 114 valence electrons. The molecule has 0 radical (unpaired) electrons. The Hall–Kier alpha value is -2.15.